The first kappa shape index (κ1) is 14.5. The van der Waals surface area contributed by atoms with Gasteiger partial charge in [-0.3, -0.25) is 15.7 Å². The Morgan fingerprint density at radius 1 is 1.43 bits per heavy atom. The van der Waals surface area contributed by atoms with Crippen molar-refractivity contribution in [3.8, 4) is 0 Å². The maximum absolute atomic E-state index is 13.8. The average Bonchev–Trinajstić information content (AvgIpc) is 3.02. The second-order valence-electron chi connectivity index (χ2n) is 4.80. The molecular formula is C14H14ClFN4S. The molecule has 3 N–H and O–H groups in total. The highest BCUT2D eigenvalue weighted by molar-refractivity contribution is 7.15. The summed E-state index contributed by atoms with van der Waals surface area (Å²) in [5, 5.41) is 2.39. The molecule has 0 bridgehead atoms. The number of imidazole rings is 1. The number of thiazole rings is 1. The number of hydrogen-bond donors (Lipinski definition) is 2. The highest BCUT2D eigenvalue weighted by atomic mass is 35.5. The Morgan fingerprint density at radius 3 is 3.00 bits per heavy atom. The lowest BCUT2D eigenvalue weighted by Gasteiger charge is -2.16. The summed E-state index contributed by atoms with van der Waals surface area (Å²) < 4.78 is 15.8. The minimum Gasteiger partial charge on any atom is -0.297 e. The van der Waals surface area contributed by atoms with Crippen LogP contribution in [-0.2, 0) is 12.8 Å². The third-order valence-electron chi connectivity index (χ3n) is 3.35. The Morgan fingerprint density at radius 2 is 2.29 bits per heavy atom. The van der Waals surface area contributed by atoms with Crippen molar-refractivity contribution in [3.63, 3.8) is 0 Å². The van der Waals surface area contributed by atoms with E-state index >= 15 is 0 Å². The summed E-state index contributed by atoms with van der Waals surface area (Å²) in [6.07, 6.45) is 4.93. The van der Waals surface area contributed by atoms with Crippen molar-refractivity contribution in [2.24, 2.45) is 5.84 Å². The molecule has 0 aliphatic heterocycles. The second kappa shape index (κ2) is 6.11. The maximum atomic E-state index is 13.8. The fourth-order valence-electron chi connectivity index (χ4n) is 2.29. The monoisotopic (exact) mass is 324 g/mol. The van der Waals surface area contributed by atoms with Gasteiger partial charge in [-0.25, -0.2) is 9.37 Å². The molecule has 1 aromatic carbocycles. The molecule has 2 aromatic heterocycles. The molecular weight excluding hydrogens is 311 g/mol. The summed E-state index contributed by atoms with van der Waals surface area (Å²) in [7, 11) is 0. The highest BCUT2D eigenvalue weighted by Crippen LogP contribution is 2.21. The number of halogens is 2. The number of rotatable bonds is 5. The normalized spacial score (nSPS) is 12.9. The van der Waals surface area contributed by atoms with E-state index in [1.807, 2.05) is 22.2 Å². The predicted molar refractivity (Wildman–Crippen MR) is 83.0 cm³/mol. The van der Waals surface area contributed by atoms with Crippen molar-refractivity contribution in [1.82, 2.24) is 14.8 Å². The highest BCUT2D eigenvalue weighted by Gasteiger charge is 2.16. The fraction of sp³-hybridized carbons (Fsp3) is 0.214. The van der Waals surface area contributed by atoms with E-state index in [4.69, 9.17) is 17.4 Å². The van der Waals surface area contributed by atoms with E-state index in [0.717, 1.165) is 10.7 Å². The van der Waals surface area contributed by atoms with E-state index < -0.39 is 0 Å². The summed E-state index contributed by atoms with van der Waals surface area (Å²) in [5.74, 6) is 5.28. The number of hydrazine groups is 1. The summed E-state index contributed by atoms with van der Waals surface area (Å²) in [6.45, 7) is 0. The topological polar surface area (TPSA) is 55.3 Å². The van der Waals surface area contributed by atoms with Gasteiger partial charge in [-0.1, -0.05) is 17.7 Å². The van der Waals surface area contributed by atoms with Gasteiger partial charge in [0.25, 0.3) is 0 Å². The summed E-state index contributed by atoms with van der Waals surface area (Å²) >= 11 is 7.62. The Balaban J connectivity index is 1.77. The molecule has 0 saturated carbocycles. The van der Waals surface area contributed by atoms with Crippen molar-refractivity contribution in [2.75, 3.05) is 0 Å². The van der Waals surface area contributed by atoms with Gasteiger partial charge in [0.1, 0.15) is 5.82 Å². The molecule has 0 saturated heterocycles. The number of nitrogens with zero attached hydrogens (tertiary/aromatic N) is 2. The van der Waals surface area contributed by atoms with Gasteiger partial charge < -0.3 is 0 Å². The zero-order valence-corrected chi connectivity index (χ0v) is 12.7. The smallest absolute Gasteiger partial charge is 0.193 e. The largest absolute Gasteiger partial charge is 0.297 e. The molecule has 0 radical (unpaired) electrons. The van der Waals surface area contributed by atoms with Crippen LogP contribution in [-0.4, -0.2) is 15.4 Å². The number of hydrogen-bond acceptors (Lipinski definition) is 4. The molecule has 0 amide bonds. The minimum atomic E-state index is -0.312. The molecule has 4 nitrogen and oxygen atoms in total. The summed E-state index contributed by atoms with van der Waals surface area (Å²) in [4.78, 5) is 5.44. The van der Waals surface area contributed by atoms with E-state index in [9.17, 15) is 4.39 Å². The van der Waals surface area contributed by atoms with E-state index in [2.05, 4.69) is 10.4 Å². The third kappa shape index (κ3) is 3.08. The molecule has 0 spiro atoms. The van der Waals surface area contributed by atoms with Gasteiger partial charge >= 0.3 is 0 Å². The average molecular weight is 325 g/mol. The number of nitrogens with two attached hydrogens (primary N) is 1. The zero-order valence-electron chi connectivity index (χ0n) is 11.1. The van der Waals surface area contributed by atoms with Crippen LogP contribution in [0.3, 0.4) is 0 Å². The van der Waals surface area contributed by atoms with E-state index in [0.29, 0.717) is 23.4 Å². The summed E-state index contributed by atoms with van der Waals surface area (Å²) in [6, 6.07) is 4.54. The molecule has 3 rings (SSSR count). The lowest BCUT2D eigenvalue weighted by molar-refractivity contribution is 0.503. The van der Waals surface area contributed by atoms with E-state index in [1.165, 1.54) is 6.07 Å². The van der Waals surface area contributed by atoms with Crippen LogP contribution in [0.1, 0.15) is 11.3 Å². The molecule has 0 fully saturated rings. The molecule has 7 heteroatoms. The Labute approximate surface area is 130 Å². The minimum absolute atomic E-state index is 0.135. The van der Waals surface area contributed by atoms with Crippen LogP contribution in [0.5, 0.6) is 0 Å². The predicted octanol–water partition coefficient (Wildman–Crippen LogP) is 2.81. The second-order valence-corrected chi connectivity index (χ2v) is 6.08. The van der Waals surface area contributed by atoms with E-state index in [1.54, 1.807) is 23.5 Å². The standard InChI is InChI=1S/C14H14ClFN4S/c15-12-2-1-3-13(16)11(12)7-9(19-17)6-10-8-20-4-5-21-14(20)18-10/h1-5,8-9,19H,6-7,17H2. The van der Waals surface area contributed by atoms with Crippen molar-refractivity contribution in [3.05, 3.63) is 58.1 Å². The SMILES string of the molecule is NNC(Cc1cn2ccsc2n1)Cc1c(F)cccc1Cl. The molecule has 1 unspecified atom stereocenters. The van der Waals surface area contributed by atoms with Crippen LogP contribution < -0.4 is 11.3 Å². The number of fused-ring (bicyclic) bond motifs is 1. The molecule has 21 heavy (non-hydrogen) atoms. The summed E-state index contributed by atoms with van der Waals surface area (Å²) in [5.41, 5.74) is 4.11. The van der Waals surface area contributed by atoms with Crippen LogP contribution in [0.25, 0.3) is 4.96 Å². The quantitative estimate of drug-likeness (QED) is 0.560. The van der Waals surface area contributed by atoms with Crippen LogP contribution in [0, 0.1) is 5.82 Å². The Kier molecular flexibility index (Phi) is 4.21. The Bertz CT molecular complexity index is 706. The molecule has 3 aromatic rings. The van der Waals surface area contributed by atoms with Gasteiger partial charge in [0.05, 0.1) is 5.69 Å². The molecule has 0 aliphatic carbocycles. The van der Waals surface area contributed by atoms with Crippen molar-refractivity contribution in [1.29, 1.82) is 0 Å². The van der Waals surface area contributed by atoms with Crippen LogP contribution >= 0.6 is 22.9 Å². The molecule has 0 aliphatic rings. The molecule has 2 heterocycles. The van der Waals surface area contributed by atoms with Gasteiger partial charge in [-0.2, -0.15) is 0 Å². The van der Waals surface area contributed by atoms with Gasteiger partial charge in [-0.05, 0) is 18.6 Å². The van der Waals surface area contributed by atoms with Crippen LogP contribution in [0.2, 0.25) is 5.02 Å². The first-order valence-electron chi connectivity index (χ1n) is 6.47. The van der Waals surface area contributed by atoms with Crippen molar-refractivity contribution in [2.45, 2.75) is 18.9 Å². The number of aromatic nitrogens is 2. The molecule has 110 valence electrons. The molecule has 1 atom stereocenters. The van der Waals surface area contributed by atoms with Gasteiger partial charge in [0.15, 0.2) is 4.96 Å². The first-order valence-corrected chi connectivity index (χ1v) is 7.73. The van der Waals surface area contributed by atoms with Gasteiger partial charge in [0, 0.05) is 40.8 Å². The zero-order chi connectivity index (χ0) is 14.8. The van der Waals surface area contributed by atoms with Crippen molar-refractivity contribution < 1.29 is 4.39 Å². The lowest BCUT2D eigenvalue weighted by atomic mass is 10.0. The van der Waals surface area contributed by atoms with Gasteiger partial charge in [0.2, 0.25) is 0 Å². The lowest BCUT2D eigenvalue weighted by Crippen LogP contribution is -2.38. The number of nitrogens with one attached hydrogen (secondary N) is 1. The number of benzene rings is 1. The van der Waals surface area contributed by atoms with Crippen LogP contribution in [0.4, 0.5) is 4.39 Å². The fourth-order valence-corrected chi connectivity index (χ4v) is 3.25. The Hall–Kier alpha value is -1.47. The van der Waals surface area contributed by atoms with Gasteiger partial charge in [-0.15, -0.1) is 11.3 Å². The van der Waals surface area contributed by atoms with Crippen molar-refractivity contribution >= 4 is 27.9 Å². The maximum Gasteiger partial charge on any atom is 0.193 e. The van der Waals surface area contributed by atoms with E-state index in [-0.39, 0.29) is 11.9 Å². The van der Waals surface area contributed by atoms with Crippen LogP contribution in [0.15, 0.2) is 36.0 Å². The third-order valence-corrected chi connectivity index (χ3v) is 4.47. The first-order chi connectivity index (χ1) is 10.2.